The van der Waals surface area contributed by atoms with Crippen LogP contribution in [0, 0.1) is 6.92 Å². The first kappa shape index (κ1) is 37.3. The Hall–Kier alpha value is -5.19. The standard InChI is InChI=1S/C26H27N3O3.C9H8F3NO.C2H6/c1-18-11-12-27-24(15-18)22-17-21(29-13-4-3-5-14-29)9-10-23(22)28-25(30)19-7-6-8-20(16-19)26(31)32-2;10-9(11,12)8-3-1-2-7(4-8)5-13-6-14;1-2/h6-12,15-17H,3-5,13-14H2,1-2H3,(H,28,30);1-4,6H,5H2,(H,13,14);1-2H3. The zero-order valence-corrected chi connectivity index (χ0v) is 27.6. The van der Waals surface area contributed by atoms with E-state index in [2.05, 4.69) is 26.6 Å². The van der Waals surface area contributed by atoms with Gasteiger partial charge in [0.25, 0.3) is 5.91 Å². The number of aromatic nitrogens is 1. The van der Waals surface area contributed by atoms with Gasteiger partial charge in [0.2, 0.25) is 6.41 Å². The number of nitrogens with zero attached hydrogens (tertiary/aromatic N) is 2. The number of carbonyl (C=O) groups is 3. The molecule has 0 atom stereocenters. The number of halogens is 3. The molecule has 2 N–H and O–H groups in total. The van der Waals surface area contributed by atoms with Crippen LogP contribution in [-0.4, -0.2) is 43.5 Å². The molecule has 1 aromatic heterocycles. The quantitative estimate of drug-likeness (QED) is 0.146. The van der Waals surface area contributed by atoms with Gasteiger partial charge in [-0.05, 0) is 98.0 Å². The molecule has 3 aromatic carbocycles. The number of hydrogen-bond donors (Lipinski definition) is 2. The van der Waals surface area contributed by atoms with Gasteiger partial charge in [-0.2, -0.15) is 13.2 Å². The van der Waals surface area contributed by atoms with Crippen molar-refractivity contribution in [2.45, 2.75) is 52.8 Å². The first-order chi connectivity index (χ1) is 23.1. The number of carbonyl (C=O) groups excluding carboxylic acids is 3. The van der Waals surface area contributed by atoms with E-state index in [-0.39, 0.29) is 12.5 Å². The molecule has 8 nitrogen and oxygen atoms in total. The number of methoxy groups -OCH3 is 1. The van der Waals surface area contributed by atoms with Crippen LogP contribution in [0.4, 0.5) is 24.5 Å². The topological polar surface area (TPSA) is 101 Å². The van der Waals surface area contributed by atoms with Crippen LogP contribution in [0.5, 0.6) is 0 Å². The maximum Gasteiger partial charge on any atom is 0.416 e. The van der Waals surface area contributed by atoms with Crippen LogP contribution in [0.25, 0.3) is 11.3 Å². The van der Waals surface area contributed by atoms with E-state index in [0.717, 1.165) is 47.7 Å². The molecule has 254 valence electrons. The summed E-state index contributed by atoms with van der Waals surface area (Å²) in [6.07, 6.45) is 1.53. The summed E-state index contributed by atoms with van der Waals surface area (Å²) in [6.45, 7) is 8.20. The van der Waals surface area contributed by atoms with Crippen molar-refractivity contribution >= 4 is 29.7 Å². The average Bonchev–Trinajstić information content (AvgIpc) is 3.12. The lowest BCUT2D eigenvalue weighted by molar-refractivity contribution is -0.137. The Morgan fingerprint density at radius 3 is 2.29 bits per heavy atom. The molecule has 2 amide bonds. The third-order valence-corrected chi connectivity index (χ3v) is 7.35. The predicted molar refractivity (Wildman–Crippen MR) is 182 cm³/mol. The molecule has 1 fully saturated rings. The number of esters is 1. The van der Waals surface area contributed by atoms with Crippen LogP contribution < -0.4 is 15.5 Å². The van der Waals surface area contributed by atoms with E-state index in [1.807, 2.05) is 45.0 Å². The second-order valence-electron chi connectivity index (χ2n) is 10.7. The van der Waals surface area contributed by atoms with E-state index < -0.39 is 17.7 Å². The second kappa shape index (κ2) is 18.2. The highest BCUT2D eigenvalue weighted by Crippen LogP contribution is 2.33. The fourth-order valence-electron chi connectivity index (χ4n) is 5.00. The Balaban J connectivity index is 0.000000328. The molecular formula is C37H41F3N4O4. The molecule has 0 spiro atoms. The molecule has 1 saturated heterocycles. The first-order valence-corrected chi connectivity index (χ1v) is 15.7. The minimum Gasteiger partial charge on any atom is -0.465 e. The first-order valence-electron chi connectivity index (χ1n) is 15.7. The van der Waals surface area contributed by atoms with Crippen molar-refractivity contribution < 1.29 is 32.3 Å². The van der Waals surface area contributed by atoms with Gasteiger partial charge in [0.05, 0.1) is 29.6 Å². The van der Waals surface area contributed by atoms with Gasteiger partial charge in [0.1, 0.15) is 0 Å². The molecule has 1 aliphatic rings. The highest BCUT2D eigenvalue weighted by Gasteiger charge is 2.30. The Morgan fingerprint density at radius 2 is 1.62 bits per heavy atom. The monoisotopic (exact) mass is 662 g/mol. The zero-order valence-electron chi connectivity index (χ0n) is 27.6. The van der Waals surface area contributed by atoms with Gasteiger partial charge >= 0.3 is 12.1 Å². The Labute approximate surface area is 279 Å². The summed E-state index contributed by atoms with van der Waals surface area (Å²) in [7, 11) is 1.32. The van der Waals surface area contributed by atoms with Crippen molar-refractivity contribution in [3.63, 3.8) is 0 Å². The number of benzene rings is 3. The van der Waals surface area contributed by atoms with Crippen LogP contribution in [0.3, 0.4) is 0 Å². The number of rotatable bonds is 8. The average molecular weight is 663 g/mol. The second-order valence-corrected chi connectivity index (χ2v) is 10.7. The number of nitrogens with one attached hydrogen (secondary N) is 2. The van der Waals surface area contributed by atoms with Crippen LogP contribution >= 0.6 is 0 Å². The van der Waals surface area contributed by atoms with Gasteiger partial charge in [-0.25, -0.2) is 4.79 Å². The Bertz CT molecular complexity index is 1670. The third kappa shape index (κ3) is 10.7. The van der Waals surface area contributed by atoms with Crippen molar-refractivity contribution in [3.8, 4) is 11.3 Å². The van der Waals surface area contributed by atoms with Crippen molar-refractivity contribution in [3.05, 3.63) is 113 Å². The van der Waals surface area contributed by atoms with E-state index in [1.54, 1.807) is 24.4 Å². The molecule has 0 unspecified atom stereocenters. The molecule has 0 bridgehead atoms. The molecule has 4 aromatic rings. The van der Waals surface area contributed by atoms with E-state index in [0.29, 0.717) is 28.8 Å². The number of hydrogen-bond acceptors (Lipinski definition) is 6. The number of piperidine rings is 1. The molecule has 48 heavy (non-hydrogen) atoms. The largest absolute Gasteiger partial charge is 0.465 e. The fraction of sp³-hybridized carbons (Fsp3) is 0.297. The fourth-order valence-corrected chi connectivity index (χ4v) is 5.00. The Kier molecular flexibility index (Phi) is 14.2. The minimum atomic E-state index is -4.34. The molecule has 2 heterocycles. The normalized spacial score (nSPS) is 12.4. The number of ether oxygens (including phenoxy) is 1. The van der Waals surface area contributed by atoms with Gasteiger partial charge in [0, 0.05) is 42.6 Å². The lowest BCUT2D eigenvalue weighted by atomic mass is 10.0. The maximum absolute atomic E-state index is 13.0. The molecule has 0 aliphatic carbocycles. The molecular weight excluding hydrogens is 621 g/mol. The van der Waals surface area contributed by atoms with Gasteiger partial charge < -0.3 is 20.3 Å². The summed E-state index contributed by atoms with van der Waals surface area (Å²) in [6, 6.07) is 21.4. The number of amides is 2. The van der Waals surface area contributed by atoms with E-state index in [9.17, 15) is 27.6 Å². The lowest BCUT2D eigenvalue weighted by Gasteiger charge is -2.29. The maximum atomic E-state index is 13.0. The molecule has 11 heteroatoms. The SMILES string of the molecule is CC.COC(=O)c1cccc(C(=O)Nc2ccc(N3CCCCC3)cc2-c2cc(C)ccn2)c1.O=CNCc1cccc(C(F)(F)F)c1. The Morgan fingerprint density at radius 1 is 0.917 bits per heavy atom. The molecule has 1 aliphatic heterocycles. The number of alkyl halides is 3. The van der Waals surface area contributed by atoms with Crippen LogP contribution in [-0.2, 0) is 22.3 Å². The van der Waals surface area contributed by atoms with Crippen molar-refractivity contribution in [1.29, 1.82) is 0 Å². The van der Waals surface area contributed by atoms with E-state index in [1.165, 1.54) is 44.6 Å². The highest BCUT2D eigenvalue weighted by atomic mass is 19.4. The molecule has 5 rings (SSSR count). The number of pyridine rings is 1. The smallest absolute Gasteiger partial charge is 0.416 e. The zero-order chi connectivity index (χ0) is 35.1. The summed E-state index contributed by atoms with van der Waals surface area (Å²) in [5.74, 6) is -0.773. The van der Waals surface area contributed by atoms with Gasteiger partial charge in [-0.1, -0.05) is 32.0 Å². The van der Waals surface area contributed by atoms with Crippen molar-refractivity contribution in [1.82, 2.24) is 10.3 Å². The predicted octanol–water partition coefficient (Wildman–Crippen LogP) is 8.06. The minimum absolute atomic E-state index is 0.105. The van der Waals surface area contributed by atoms with Gasteiger partial charge in [0.15, 0.2) is 0 Å². The summed E-state index contributed by atoms with van der Waals surface area (Å²) < 4.78 is 41.4. The van der Waals surface area contributed by atoms with Crippen LogP contribution in [0.15, 0.2) is 85.1 Å². The summed E-state index contributed by atoms with van der Waals surface area (Å²) in [5, 5.41) is 5.30. The number of anilines is 2. The summed E-state index contributed by atoms with van der Waals surface area (Å²) in [5.41, 5.74) is 5.02. The summed E-state index contributed by atoms with van der Waals surface area (Å²) >= 11 is 0. The van der Waals surface area contributed by atoms with Gasteiger partial charge in [-0.3, -0.25) is 14.6 Å². The van der Waals surface area contributed by atoms with Crippen molar-refractivity contribution in [2.75, 3.05) is 30.4 Å². The highest BCUT2D eigenvalue weighted by molar-refractivity contribution is 6.07. The van der Waals surface area contributed by atoms with E-state index in [4.69, 9.17) is 4.74 Å². The third-order valence-electron chi connectivity index (χ3n) is 7.35. The number of aryl methyl sites for hydroxylation is 1. The molecule has 0 radical (unpaired) electrons. The van der Waals surface area contributed by atoms with Crippen molar-refractivity contribution in [2.24, 2.45) is 0 Å². The van der Waals surface area contributed by atoms with E-state index >= 15 is 0 Å². The summed E-state index contributed by atoms with van der Waals surface area (Å²) in [4.78, 5) is 41.7. The lowest BCUT2D eigenvalue weighted by Crippen LogP contribution is -2.29. The molecule has 0 saturated carbocycles. The van der Waals surface area contributed by atoms with Gasteiger partial charge in [-0.15, -0.1) is 0 Å². The van der Waals surface area contributed by atoms with Crippen LogP contribution in [0.2, 0.25) is 0 Å². The van der Waals surface area contributed by atoms with Crippen LogP contribution in [0.1, 0.15) is 70.5 Å².